The first-order valence-electron chi connectivity index (χ1n) is 12.3. The van der Waals surface area contributed by atoms with Crippen molar-refractivity contribution in [1.29, 1.82) is 0 Å². The molecule has 11 heteroatoms. The van der Waals surface area contributed by atoms with E-state index in [4.69, 9.17) is 26.0 Å². The van der Waals surface area contributed by atoms with Crippen LogP contribution in [-0.4, -0.2) is 86.4 Å². The summed E-state index contributed by atoms with van der Waals surface area (Å²) >= 11 is 5.31. The average molecular weight is 516 g/mol. The number of nitrogens with one attached hydrogen (secondary N) is 2. The quantitative estimate of drug-likeness (QED) is 0.179. The number of pyridine rings is 1. The van der Waals surface area contributed by atoms with Gasteiger partial charge in [-0.05, 0) is 50.2 Å². The first-order valence-corrected chi connectivity index (χ1v) is 14.2. The Morgan fingerprint density at radius 1 is 1.06 bits per heavy atom. The molecular formula is C23H42N5O4PS. The zero-order chi connectivity index (χ0) is 24.5. The van der Waals surface area contributed by atoms with E-state index in [0.717, 1.165) is 90.1 Å². The van der Waals surface area contributed by atoms with Crippen LogP contribution in [0.3, 0.4) is 0 Å². The third kappa shape index (κ3) is 11.5. The molecule has 1 aromatic rings. The van der Waals surface area contributed by atoms with Crippen LogP contribution >= 0.6 is 20.0 Å². The molecule has 0 amide bonds. The minimum absolute atomic E-state index is 0.639. The van der Waals surface area contributed by atoms with Crippen LogP contribution in [0.25, 0.3) is 0 Å². The molecule has 1 aliphatic rings. The van der Waals surface area contributed by atoms with Gasteiger partial charge in [-0.1, -0.05) is 25.7 Å². The summed E-state index contributed by atoms with van der Waals surface area (Å²) in [5.41, 5.74) is 0.939. The molecule has 9 nitrogen and oxygen atoms in total. The van der Waals surface area contributed by atoms with E-state index in [9.17, 15) is 4.57 Å². The molecule has 0 atom stereocenters. The number of hydrogen-bond acceptors (Lipinski definition) is 7. The van der Waals surface area contributed by atoms with Crippen LogP contribution < -0.4 is 10.6 Å². The van der Waals surface area contributed by atoms with E-state index in [2.05, 4.69) is 20.5 Å². The highest BCUT2D eigenvalue weighted by atomic mass is 32.1. The molecule has 0 aromatic carbocycles. The zero-order valence-electron chi connectivity index (χ0n) is 20.7. The van der Waals surface area contributed by atoms with Gasteiger partial charge in [-0.15, -0.1) is 0 Å². The van der Waals surface area contributed by atoms with Crippen molar-refractivity contribution in [2.24, 2.45) is 0 Å². The van der Waals surface area contributed by atoms with E-state index >= 15 is 0 Å². The van der Waals surface area contributed by atoms with Gasteiger partial charge in [-0.25, -0.2) is 9.24 Å². The number of nitrogens with zero attached hydrogens (tertiary/aromatic N) is 3. The van der Waals surface area contributed by atoms with Gasteiger partial charge in [0.15, 0.2) is 5.11 Å². The monoisotopic (exact) mass is 515 g/mol. The van der Waals surface area contributed by atoms with Crippen LogP contribution in [0, 0.1) is 0 Å². The van der Waals surface area contributed by atoms with Crippen molar-refractivity contribution >= 4 is 30.8 Å². The molecule has 1 aliphatic heterocycles. The van der Waals surface area contributed by atoms with Gasteiger partial charge in [-0.3, -0.25) is 18.9 Å². The molecule has 0 spiro atoms. The molecule has 0 bridgehead atoms. The number of thiocarbonyl (C=S) groups is 1. The predicted octanol–water partition coefficient (Wildman–Crippen LogP) is 4.13. The molecule has 1 aromatic heterocycles. The number of hydrogen-bond donors (Lipinski definition) is 2. The standard InChI is InChI=1S/C23H42N5O4PS/c1-30-33(29,31-2)28(17-9-15-27-18-20-32-21-19-27)16-8-6-4-3-5-7-12-25-23(34)26-22-10-13-24-14-11-22/h10-11,13-14H,3-9,12,15-21H2,1-2H3,(H2,24,25,26,34). The summed E-state index contributed by atoms with van der Waals surface area (Å²) in [5, 5.41) is 7.03. The van der Waals surface area contributed by atoms with E-state index in [1.807, 2.05) is 16.8 Å². The number of unbranched alkanes of at least 4 members (excludes halogenated alkanes) is 5. The van der Waals surface area contributed by atoms with Crippen LogP contribution in [-0.2, 0) is 18.3 Å². The van der Waals surface area contributed by atoms with Crippen LogP contribution in [0.4, 0.5) is 5.69 Å². The molecular weight excluding hydrogens is 473 g/mol. The second-order valence-electron chi connectivity index (χ2n) is 8.33. The van der Waals surface area contributed by atoms with Gasteiger partial charge >= 0.3 is 7.75 Å². The second-order valence-corrected chi connectivity index (χ2v) is 11.0. The van der Waals surface area contributed by atoms with Crippen LogP contribution in [0.1, 0.15) is 44.9 Å². The maximum absolute atomic E-state index is 13.0. The lowest BCUT2D eigenvalue weighted by molar-refractivity contribution is 0.0365. The summed E-state index contributed by atoms with van der Waals surface area (Å²) in [6, 6.07) is 3.77. The highest BCUT2D eigenvalue weighted by Gasteiger charge is 2.30. The molecule has 0 unspecified atom stereocenters. The van der Waals surface area contributed by atoms with Crippen LogP contribution in [0.5, 0.6) is 0 Å². The minimum Gasteiger partial charge on any atom is -0.379 e. The Morgan fingerprint density at radius 2 is 1.68 bits per heavy atom. The van der Waals surface area contributed by atoms with Crippen molar-refractivity contribution in [2.75, 3.05) is 72.0 Å². The number of ether oxygens (including phenoxy) is 1. The maximum Gasteiger partial charge on any atom is 0.407 e. The van der Waals surface area contributed by atoms with Gasteiger partial charge in [0, 0.05) is 65.0 Å². The van der Waals surface area contributed by atoms with E-state index < -0.39 is 7.75 Å². The highest BCUT2D eigenvalue weighted by molar-refractivity contribution is 7.80. The Morgan fingerprint density at radius 3 is 2.35 bits per heavy atom. The average Bonchev–Trinajstić information content (AvgIpc) is 2.87. The molecule has 2 N–H and O–H groups in total. The second kappa shape index (κ2) is 17.3. The molecule has 194 valence electrons. The minimum atomic E-state index is -3.21. The largest absolute Gasteiger partial charge is 0.407 e. The Kier molecular flexibility index (Phi) is 14.8. The van der Waals surface area contributed by atoms with Crippen molar-refractivity contribution in [3.05, 3.63) is 24.5 Å². The zero-order valence-corrected chi connectivity index (χ0v) is 22.5. The molecule has 1 saturated heterocycles. The first-order chi connectivity index (χ1) is 16.6. The van der Waals surface area contributed by atoms with Gasteiger partial charge in [-0.2, -0.15) is 0 Å². The van der Waals surface area contributed by atoms with Crippen molar-refractivity contribution in [3.8, 4) is 0 Å². The van der Waals surface area contributed by atoms with Crippen molar-refractivity contribution in [2.45, 2.75) is 44.9 Å². The summed E-state index contributed by atoms with van der Waals surface area (Å²) in [6.07, 6.45) is 11.0. The van der Waals surface area contributed by atoms with Gasteiger partial charge < -0.3 is 15.4 Å². The first kappa shape index (κ1) is 29.1. The molecule has 34 heavy (non-hydrogen) atoms. The predicted molar refractivity (Wildman–Crippen MR) is 141 cm³/mol. The summed E-state index contributed by atoms with van der Waals surface area (Å²) < 4.78 is 30.8. The SMILES string of the molecule is COP(=O)(OC)N(CCCCCCCCNC(=S)Nc1ccncc1)CCCN1CCOCC1. The fourth-order valence-corrected chi connectivity index (χ4v) is 5.51. The maximum atomic E-state index is 13.0. The molecule has 0 radical (unpaired) electrons. The lowest BCUT2D eigenvalue weighted by atomic mass is 10.1. The van der Waals surface area contributed by atoms with Gasteiger partial charge in [0.2, 0.25) is 0 Å². The third-order valence-corrected chi connectivity index (χ3v) is 8.13. The fourth-order valence-electron chi connectivity index (χ4n) is 3.90. The van der Waals surface area contributed by atoms with Crippen LogP contribution in [0.15, 0.2) is 24.5 Å². The Balaban J connectivity index is 1.54. The normalized spacial score (nSPS) is 14.9. The smallest absolute Gasteiger partial charge is 0.379 e. The highest BCUT2D eigenvalue weighted by Crippen LogP contribution is 2.50. The van der Waals surface area contributed by atoms with Gasteiger partial charge in [0.05, 0.1) is 13.2 Å². The van der Waals surface area contributed by atoms with Crippen molar-refractivity contribution in [1.82, 2.24) is 19.9 Å². The van der Waals surface area contributed by atoms with E-state index in [0.29, 0.717) is 11.7 Å². The lowest BCUT2D eigenvalue weighted by Gasteiger charge is -2.30. The third-order valence-electron chi connectivity index (χ3n) is 5.87. The Hall–Kier alpha value is -1.13. The molecule has 2 heterocycles. The number of anilines is 1. The van der Waals surface area contributed by atoms with Gasteiger partial charge in [0.25, 0.3) is 0 Å². The molecule has 2 rings (SSSR count). The molecule has 0 aliphatic carbocycles. The summed E-state index contributed by atoms with van der Waals surface area (Å²) in [4.78, 5) is 6.38. The fraction of sp³-hybridized carbons (Fsp3) is 0.739. The molecule has 0 saturated carbocycles. The number of morpholine rings is 1. The topological polar surface area (TPSA) is 88.2 Å². The summed E-state index contributed by atoms with van der Waals surface area (Å²) in [7, 11) is -0.279. The van der Waals surface area contributed by atoms with Crippen molar-refractivity contribution in [3.63, 3.8) is 0 Å². The van der Waals surface area contributed by atoms with E-state index in [1.54, 1.807) is 12.4 Å². The van der Waals surface area contributed by atoms with Crippen molar-refractivity contribution < 1.29 is 18.3 Å². The van der Waals surface area contributed by atoms with Crippen LogP contribution in [0.2, 0.25) is 0 Å². The lowest BCUT2D eigenvalue weighted by Crippen LogP contribution is -2.38. The Bertz CT molecular complexity index is 717. The summed E-state index contributed by atoms with van der Waals surface area (Å²) in [5.74, 6) is 0. The van der Waals surface area contributed by atoms with E-state index in [1.165, 1.54) is 20.6 Å². The molecule has 1 fully saturated rings. The van der Waals surface area contributed by atoms with Gasteiger partial charge in [0.1, 0.15) is 0 Å². The number of aromatic nitrogens is 1. The number of rotatable bonds is 17. The Labute approximate surface area is 210 Å². The summed E-state index contributed by atoms with van der Waals surface area (Å²) in [6.45, 7) is 6.78. The van der Waals surface area contributed by atoms with E-state index in [-0.39, 0.29) is 0 Å².